The average molecular weight is 333 g/mol. The first kappa shape index (κ1) is 15.9. The Hall–Kier alpha value is -1.44. The van der Waals surface area contributed by atoms with Crippen LogP contribution in [0.25, 0.3) is 0 Å². The summed E-state index contributed by atoms with van der Waals surface area (Å²) in [6, 6.07) is 1.95. The van der Waals surface area contributed by atoms with Crippen LogP contribution >= 0.6 is 24.6 Å². The van der Waals surface area contributed by atoms with E-state index in [1.165, 1.54) is 6.07 Å². The molecule has 1 aromatic rings. The second-order valence-corrected chi connectivity index (χ2v) is 5.02. The van der Waals surface area contributed by atoms with Gasteiger partial charge in [-0.15, -0.1) is 12.4 Å². The van der Waals surface area contributed by atoms with Gasteiger partial charge in [0.2, 0.25) is 0 Å². The standard InChI is InChI=1S/C13H12F2N3OS.ClH/c14-8-1-7-2-9(6-19-12(7)11(15)3-8)18-10(4-16)5-17-13(18)20;/h1,3,5,9H,2,4,6,16H2;1H/t9-;/m1./s1. The highest BCUT2D eigenvalue weighted by Gasteiger charge is 2.33. The third kappa shape index (κ3) is 2.81. The average Bonchev–Trinajstić information content (AvgIpc) is 2.78. The van der Waals surface area contributed by atoms with Crippen LogP contribution in [0, 0.1) is 11.6 Å². The van der Waals surface area contributed by atoms with E-state index in [0.717, 1.165) is 11.8 Å². The van der Waals surface area contributed by atoms with Crippen molar-refractivity contribution in [2.75, 3.05) is 13.2 Å². The lowest BCUT2D eigenvalue weighted by molar-refractivity contribution is 0.189. The fourth-order valence-electron chi connectivity index (χ4n) is 2.50. The summed E-state index contributed by atoms with van der Waals surface area (Å²) in [5.41, 5.74) is 6.92. The summed E-state index contributed by atoms with van der Waals surface area (Å²) in [5.74, 6) is -1.18. The number of hydrogen-bond acceptors (Lipinski definition) is 3. The Morgan fingerprint density at radius 3 is 2.90 bits per heavy atom. The summed E-state index contributed by atoms with van der Waals surface area (Å²) in [5, 5.41) is 4.45. The highest BCUT2D eigenvalue weighted by molar-refractivity contribution is 7.80. The highest BCUT2D eigenvalue weighted by Crippen LogP contribution is 2.32. The first-order chi connectivity index (χ1) is 9.60. The zero-order chi connectivity index (χ0) is 14.3. The number of benzene rings is 1. The topological polar surface area (TPSA) is 52.6 Å². The number of nitrogens with two attached hydrogens (primary N) is 1. The predicted octanol–water partition coefficient (Wildman–Crippen LogP) is 1.70. The van der Waals surface area contributed by atoms with Gasteiger partial charge in [0.1, 0.15) is 12.4 Å². The van der Waals surface area contributed by atoms with Gasteiger partial charge in [-0.3, -0.25) is 0 Å². The van der Waals surface area contributed by atoms with Gasteiger partial charge >= 0.3 is 0 Å². The Bertz CT molecular complexity index is 611. The van der Waals surface area contributed by atoms with Gasteiger partial charge in [-0.2, -0.15) is 0 Å². The van der Waals surface area contributed by atoms with Gasteiger partial charge in [0.05, 0.1) is 17.9 Å². The van der Waals surface area contributed by atoms with E-state index >= 15 is 0 Å². The normalized spacial score (nSPS) is 20.1. The maximum absolute atomic E-state index is 13.6. The van der Waals surface area contributed by atoms with Crippen LogP contribution in [0.15, 0.2) is 24.0 Å². The molecular formula is C13H13ClF2N3OS. The Morgan fingerprint density at radius 1 is 1.43 bits per heavy atom. The van der Waals surface area contributed by atoms with Gasteiger partial charge in [-0.25, -0.2) is 14.1 Å². The third-order valence-corrected chi connectivity index (χ3v) is 3.68. The van der Waals surface area contributed by atoms with Crippen LogP contribution in [0.4, 0.5) is 8.78 Å². The lowest BCUT2D eigenvalue weighted by Gasteiger charge is -2.34. The molecule has 0 aromatic heterocycles. The molecule has 0 saturated heterocycles. The zero-order valence-electron chi connectivity index (χ0n) is 10.9. The van der Waals surface area contributed by atoms with Crippen LogP contribution < -0.4 is 15.8 Å². The minimum Gasteiger partial charge on any atom is -0.488 e. The summed E-state index contributed by atoms with van der Waals surface area (Å²) in [7, 11) is 0. The number of nitrogens with zero attached hydrogens (tertiary/aromatic N) is 2. The SMILES string of the molecule is Cl.NCC1=C[N]C(=S)N1[C@H]1COc2c(F)cc(F)cc2C1. The molecule has 2 aliphatic heterocycles. The van der Waals surface area contributed by atoms with E-state index in [-0.39, 0.29) is 30.8 Å². The lowest BCUT2D eigenvalue weighted by atomic mass is 10.0. The molecule has 8 heteroatoms. The molecule has 2 heterocycles. The van der Waals surface area contributed by atoms with Crippen molar-refractivity contribution in [1.82, 2.24) is 10.2 Å². The largest absolute Gasteiger partial charge is 0.488 e. The van der Waals surface area contributed by atoms with Crippen LogP contribution in [0.5, 0.6) is 5.75 Å². The Balaban J connectivity index is 0.00000161. The summed E-state index contributed by atoms with van der Waals surface area (Å²) in [6.45, 7) is 0.549. The van der Waals surface area contributed by atoms with Gasteiger partial charge in [0.25, 0.3) is 0 Å². The molecule has 21 heavy (non-hydrogen) atoms. The van der Waals surface area contributed by atoms with Gasteiger partial charge < -0.3 is 15.4 Å². The zero-order valence-corrected chi connectivity index (χ0v) is 12.5. The highest BCUT2D eigenvalue weighted by atomic mass is 35.5. The Kier molecular flexibility index (Phi) is 4.65. The summed E-state index contributed by atoms with van der Waals surface area (Å²) < 4.78 is 32.3. The molecule has 1 atom stereocenters. The minimum absolute atomic E-state index is 0. The number of thiocarbonyl (C=S) groups is 1. The van der Waals surface area contributed by atoms with E-state index in [1.54, 1.807) is 11.1 Å². The summed E-state index contributed by atoms with van der Waals surface area (Å²) in [6.07, 6.45) is 2.04. The predicted molar refractivity (Wildman–Crippen MR) is 80.3 cm³/mol. The smallest absolute Gasteiger partial charge is 0.200 e. The van der Waals surface area contributed by atoms with Gasteiger partial charge in [0, 0.05) is 24.6 Å². The third-order valence-electron chi connectivity index (χ3n) is 3.37. The van der Waals surface area contributed by atoms with Crippen molar-refractivity contribution in [3.8, 4) is 5.75 Å². The van der Waals surface area contributed by atoms with Crippen molar-refractivity contribution >= 4 is 29.7 Å². The minimum atomic E-state index is -0.679. The van der Waals surface area contributed by atoms with E-state index in [0.29, 0.717) is 23.6 Å². The molecule has 0 unspecified atom stereocenters. The van der Waals surface area contributed by atoms with Gasteiger partial charge in [-0.05, 0) is 18.3 Å². The molecule has 3 rings (SSSR count). The molecule has 0 spiro atoms. The molecule has 1 aromatic carbocycles. The number of ether oxygens (including phenoxy) is 1. The maximum Gasteiger partial charge on any atom is 0.200 e. The van der Waals surface area contributed by atoms with Crippen LogP contribution in [0.1, 0.15) is 5.56 Å². The number of fused-ring (bicyclic) bond motifs is 1. The molecule has 0 fully saturated rings. The van der Waals surface area contributed by atoms with Crippen molar-refractivity contribution < 1.29 is 13.5 Å². The quantitative estimate of drug-likeness (QED) is 0.838. The molecule has 0 saturated carbocycles. The molecule has 0 aliphatic carbocycles. The summed E-state index contributed by atoms with van der Waals surface area (Å²) >= 11 is 5.16. The maximum atomic E-state index is 13.6. The number of hydrogen-bond donors (Lipinski definition) is 1. The molecule has 1 radical (unpaired) electrons. The van der Waals surface area contributed by atoms with Crippen LogP contribution in [0.3, 0.4) is 0 Å². The van der Waals surface area contributed by atoms with E-state index < -0.39 is 11.6 Å². The van der Waals surface area contributed by atoms with E-state index in [1.807, 2.05) is 0 Å². The molecule has 113 valence electrons. The van der Waals surface area contributed by atoms with Crippen molar-refractivity contribution in [2.45, 2.75) is 12.5 Å². The Labute approximate surface area is 132 Å². The molecule has 2 N–H and O–H groups in total. The van der Waals surface area contributed by atoms with E-state index in [4.69, 9.17) is 22.7 Å². The Morgan fingerprint density at radius 2 is 2.19 bits per heavy atom. The lowest BCUT2D eigenvalue weighted by Crippen LogP contribution is -2.45. The van der Waals surface area contributed by atoms with Crippen LogP contribution in [-0.2, 0) is 6.42 Å². The molecule has 2 aliphatic rings. The fraction of sp³-hybridized carbons (Fsp3) is 0.308. The molecule has 0 bridgehead atoms. The second-order valence-electron chi connectivity index (χ2n) is 4.65. The summed E-state index contributed by atoms with van der Waals surface area (Å²) in [4.78, 5) is 1.79. The first-order valence-corrected chi connectivity index (χ1v) is 6.55. The van der Waals surface area contributed by atoms with E-state index in [2.05, 4.69) is 5.32 Å². The van der Waals surface area contributed by atoms with E-state index in [9.17, 15) is 8.78 Å². The molecule has 0 amide bonds. The second kappa shape index (κ2) is 6.13. The van der Waals surface area contributed by atoms with Crippen molar-refractivity contribution in [3.63, 3.8) is 0 Å². The number of halogens is 3. The first-order valence-electron chi connectivity index (χ1n) is 6.14. The molecule has 4 nitrogen and oxygen atoms in total. The van der Waals surface area contributed by atoms with Gasteiger partial charge in [-0.1, -0.05) is 0 Å². The van der Waals surface area contributed by atoms with Crippen LogP contribution in [-0.4, -0.2) is 29.2 Å². The fourth-order valence-corrected chi connectivity index (χ4v) is 2.82. The molecular weight excluding hydrogens is 320 g/mol. The number of rotatable bonds is 2. The van der Waals surface area contributed by atoms with Crippen molar-refractivity contribution in [2.24, 2.45) is 5.73 Å². The van der Waals surface area contributed by atoms with Crippen LogP contribution in [0.2, 0.25) is 0 Å². The van der Waals surface area contributed by atoms with Gasteiger partial charge in [0.15, 0.2) is 16.7 Å². The van der Waals surface area contributed by atoms with Crippen molar-refractivity contribution in [3.05, 3.63) is 41.2 Å². The van der Waals surface area contributed by atoms with Crippen molar-refractivity contribution in [1.29, 1.82) is 0 Å². The monoisotopic (exact) mass is 332 g/mol.